The molecule has 4 aliphatic heterocycles. The van der Waals surface area contributed by atoms with Gasteiger partial charge in [0.1, 0.15) is 0 Å². The van der Waals surface area contributed by atoms with E-state index < -0.39 is 0 Å². The van der Waals surface area contributed by atoms with Gasteiger partial charge in [0.15, 0.2) is 0 Å². The maximum absolute atomic E-state index is 2.47. The summed E-state index contributed by atoms with van der Waals surface area (Å²) in [7, 11) is 0. The standard InChI is InChI=1S/C6H12N4.3ClH.Co.Cr/c1-7-2-9-4-8(1)5-10(3-7)6-9;;;;;/h1-6H2;3*1H;;. The molecule has 4 rings (SSSR count). The number of nitrogens with zero attached hydrogens (tertiary/aromatic N) is 4. The van der Waals surface area contributed by atoms with E-state index in [1.165, 1.54) is 40.0 Å². The van der Waals surface area contributed by atoms with Crippen LogP contribution in [0.1, 0.15) is 0 Å². The topological polar surface area (TPSA) is 13.0 Å². The predicted molar refractivity (Wildman–Crippen MR) is 58.3 cm³/mol. The first kappa shape index (κ1) is 22.0. The average molecular weight is 361 g/mol. The Bertz CT molecular complexity index is 122. The molecule has 0 aromatic carbocycles. The molecule has 4 nitrogen and oxygen atoms in total. The van der Waals surface area contributed by atoms with E-state index >= 15 is 0 Å². The molecular formula is C6H15Cl3CoCrN4. The van der Waals surface area contributed by atoms with Gasteiger partial charge in [0.05, 0.1) is 40.0 Å². The number of rotatable bonds is 0. The van der Waals surface area contributed by atoms with E-state index in [1.54, 1.807) is 0 Å². The minimum absolute atomic E-state index is 0. The first-order valence-corrected chi connectivity index (χ1v) is 3.79. The van der Waals surface area contributed by atoms with Crippen LogP contribution >= 0.6 is 37.2 Å². The summed E-state index contributed by atoms with van der Waals surface area (Å²) in [6.07, 6.45) is 0. The van der Waals surface area contributed by atoms with Crippen molar-refractivity contribution in [3.63, 3.8) is 0 Å². The van der Waals surface area contributed by atoms with Crippen molar-refractivity contribution < 1.29 is 34.1 Å². The van der Waals surface area contributed by atoms with Gasteiger partial charge < -0.3 is 0 Å². The molecule has 0 saturated carbocycles. The van der Waals surface area contributed by atoms with Crippen molar-refractivity contribution in [1.82, 2.24) is 19.6 Å². The first-order valence-electron chi connectivity index (χ1n) is 3.79. The second-order valence-corrected chi connectivity index (χ2v) is 3.53. The van der Waals surface area contributed by atoms with Crippen LogP contribution < -0.4 is 0 Å². The third-order valence-electron chi connectivity index (χ3n) is 2.40. The molecular weight excluding hydrogens is 345 g/mol. The van der Waals surface area contributed by atoms with Crippen molar-refractivity contribution in [3.05, 3.63) is 0 Å². The van der Waals surface area contributed by atoms with Gasteiger partial charge in [-0.2, -0.15) is 0 Å². The Morgan fingerprint density at radius 2 is 0.600 bits per heavy atom. The molecule has 0 unspecified atom stereocenters. The van der Waals surface area contributed by atoms with Crippen LogP contribution in [0.15, 0.2) is 0 Å². The summed E-state index contributed by atoms with van der Waals surface area (Å²) in [6, 6.07) is 0. The van der Waals surface area contributed by atoms with Crippen LogP contribution in [0.5, 0.6) is 0 Å². The van der Waals surface area contributed by atoms with Crippen molar-refractivity contribution in [1.29, 1.82) is 0 Å². The van der Waals surface area contributed by atoms with E-state index in [9.17, 15) is 0 Å². The zero-order valence-electron chi connectivity index (χ0n) is 8.00. The molecule has 4 heterocycles. The van der Waals surface area contributed by atoms with E-state index in [4.69, 9.17) is 0 Å². The molecule has 9 heteroatoms. The predicted octanol–water partition coefficient (Wildman–Crippen LogP) is 0.241. The van der Waals surface area contributed by atoms with E-state index in [-0.39, 0.29) is 71.4 Å². The molecule has 4 fully saturated rings. The molecule has 0 atom stereocenters. The SMILES string of the molecule is C1N2CN3CN1CN(C2)C3.Cl.Cl.Cl.[Co].[Cr]. The van der Waals surface area contributed by atoms with Gasteiger partial charge in [0.25, 0.3) is 0 Å². The molecule has 0 N–H and O–H groups in total. The largest absolute Gasteiger partial charge is 0.264 e. The van der Waals surface area contributed by atoms with E-state index in [0.717, 1.165) is 0 Å². The molecule has 0 aliphatic carbocycles. The molecule has 0 aromatic heterocycles. The van der Waals surface area contributed by atoms with Crippen molar-refractivity contribution in [2.24, 2.45) is 0 Å². The van der Waals surface area contributed by atoms with Crippen LogP contribution in [0, 0.1) is 0 Å². The van der Waals surface area contributed by atoms with Crippen molar-refractivity contribution in [2.75, 3.05) is 40.0 Å². The van der Waals surface area contributed by atoms with Crippen LogP contribution in [0.3, 0.4) is 0 Å². The summed E-state index contributed by atoms with van der Waals surface area (Å²) in [5.74, 6) is 0. The summed E-state index contributed by atoms with van der Waals surface area (Å²) in [6.45, 7) is 7.12. The van der Waals surface area contributed by atoms with Crippen molar-refractivity contribution in [3.8, 4) is 0 Å². The van der Waals surface area contributed by atoms with E-state index in [2.05, 4.69) is 19.6 Å². The van der Waals surface area contributed by atoms with Gasteiger partial charge >= 0.3 is 0 Å². The second-order valence-electron chi connectivity index (χ2n) is 3.53. The smallest absolute Gasteiger partial charge is 0.0555 e. The molecule has 0 amide bonds. The van der Waals surface area contributed by atoms with Crippen LogP contribution in [0.2, 0.25) is 0 Å². The summed E-state index contributed by atoms with van der Waals surface area (Å²) >= 11 is 0. The Balaban J connectivity index is -0.000000288. The van der Waals surface area contributed by atoms with Gasteiger partial charge in [0.2, 0.25) is 0 Å². The minimum atomic E-state index is 0. The Morgan fingerprint density at radius 1 is 0.467 bits per heavy atom. The maximum atomic E-state index is 2.47. The van der Waals surface area contributed by atoms with Crippen molar-refractivity contribution >= 4 is 37.2 Å². The van der Waals surface area contributed by atoms with Crippen molar-refractivity contribution in [2.45, 2.75) is 0 Å². The minimum Gasteiger partial charge on any atom is -0.264 e. The number of halogens is 3. The molecule has 1 radical (unpaired) electrons. The number of hydrogen-bond acceptors (Lipinski definition) is 4. The Morgan fingerprint density at radius 3 is 0.733 bits per heavy atom. The Kier molecular flexibility index (Phi) is 12.9. The molecule has 4 aliphatic rings. The van der Waals surface area contributed by atoms with Gasteiger partial charge in [-0.05, 0) is 0 Å². The quantitative estimate of drug-likeness (QED) is 0.614. The van der Waals surface area contributed by atoms with Gasteiger partial charge in [-0.1, -0.05) is 0 Å². The third-order valence-corrected chi connectivity index (χ3v) is 2.40. The molecule has 0 spiro atoms. The van der Waals surface area contributed by atoms with Crippen LogP contribution in [-0.4, -0.2) is 59.6 Å². The molecule has 4 saturated heterocycles. The zero-order valence-corrected chi connectivity index (χ0v) is 12.8. The summed E-state index contributed by atoms with van der Waals surface area (Å²) in [4.78, 5) is 9.88. The van der Waals surface area contributed by atoms with Crippen LogP contribution in [0.25, 0.3) is 0 Å². The molecule has 15 heavy (non-hydrogen) atoms. The Labute approximate surface area is 130 Å². The maximum Gasteiger partial charge on any atom is 0.0555 e. The van der Waals surface area contributed by atoms with E-state index in [0.29, 0.717) is 0 Å². The van der Waals surface area contributed by atoms with Crippen LogP contribution in [0.4, 0.5) is 0 Å². The number of hydrogen-bond donors (Lipinski definition) is 0. The molecule has 4 bridgehead atoms. The fraction of sp³-hybridized carbons (Fsp3) is 1.00. The van der Waals surface area contributed by atoms with Crippen LogP contribution in [-0.2, 0) is 34.1 Å². The first-order chi connectivity index (χ1) is 4.90. The van der Waals surface area contributed by atoms with E-state index in [1.807, 2.05) is 0 Å². The summed E-state index contributed by atoms with van der Waals surface area (Å²) in [5.41, 5.74) is 0. The summed E-state index contributed by atoms with van der Waals surface area (Å²) < 4.78 is 0. The third kappa shape index (κ3) is 4.49. The summed E-state index contributed by atoms with van der Waals surface area (Å²) in [5, 5.41) is 0. The second kappa shape index (κ2) is 8.78. The molecule has 0 aromatic rings. The fourth-order valence-electron chi connectivity index (χ4n) is 2.23. The molecule has 95 valence electrons. The Hall–Kier alpha value is 1.75. The van der Waals surface area contributed by atoms with Gasteiger partial charge in [0, 0.05) is 34.1 Å². The monoisotopic (exact) mass is 359 g/mol. The average Bonchev–Trinajstić information content (AvgIpc) is 1.82. The van der Waals surface area contributed by atoms with Gasteiger partial charge in [-0.25, -0.2) is 0 Å². The normalized spacial score (nSPS) is 38.4. The van der Waals surface area contributed by atoms with Gasteiger partial charge in [-0.15, -0.1) is 37.2 Å². The zero-order chi connectivity index (χ0) is 6.55. The van der Waals surface area contributed by atoms with Gasteiger partial charge in [-0.3, -0.25) is 19.6 Å². The fourth-order valence-corrected chi connectivity index (χ4v) is 2.23.